The lowest BCUT2D eigenvalue weighted by Crippen LogP contribution is -2.24. The standard InChI is InChI=1S/C23H27ClN4O2/c1-25-20-16-28(15-19(20)23(30-2)27-12-11-26-13-14-29)21-10-6-9-18(22(21)24)17-7-4-3-5-8-17/h3-10,26,29H,1,11-16H2,2H3/b27-23+. The molecule has 0 atom stereocenters. The average Bonchev–Trinajstić information content (AvgIpc) is 3.21. The number of halogens is 1. The highest BCUT2D eigenvalue weighted by Gasteiger charge is 2.27. The predicted octanol–water partition coefficient (Wildman–Crippen LogP) is 3.41. The highest BCUT2D eigenvalue weighted by Crippen LogP contribution is 2.38. The first-order valence-corrected chi connectivity index (χ1v) is 10.3. The topological polar surface area (TPSA) is 69.5 Å². The molecule has 3 rings (SSSR count). The Kier molecular flexibility index (Phi) is 8.02. The van der Waals surface area contributed by atoms with Gasteiger partial charge in [-0.1, -0.05) is 54.1 Å². The minimum absolute atomic E-state index is 0.105. The smallest absolute Gasteiger partial charge is 0.215 e. The summed E-state index contributed by atoms with van der Waals surface area (Å²) in [5, 5.41) is 12.7. The van der Waals surface area contributed by atoms with Crippen molar-refractivity contribution in [3.8, 4) is 11.1 Å². The van der Waals surface area contributed by atoms with Crippen molar-refractivity contribution in [1.29, 1.82) is 0 Å². The maximum Gasteiger partial charge on any atom is 0.215 e. The van der Waals surface area contributed by atoms with Crippen LogP contribution in [0.3, 0.4) is 0 Å². The maximum absolute atomic E-state index is 8.85. The van der Waals surface area contributed by atoms with Crippen molar-refractivity contribution in [3.05, 3.63) is 64.8 Å². The van der Waals surface area contributed by atoms with Crippen LogP contribution < -0.4 is 10.2 Å². The van der Waals surface area contributed by atoms with Crippen LogP contribution in [0.25, 0.3) is 11.1 Å². The van der Waals surface area contributed by atoms with Crippen LogP contribution in [0.4, 0.5) is 5.69 Å². The number of hydrogen-bond donors (Lipinski definition) is 2. The molecule has 1 aliphatic rings. The van der Waals surface area contributed by atoms with Crippen LogP contribution in [0.2, 0.25) is 5.02 Å². The number of aliphatic imine (C=N–C) groups is 2. The number of nitrogens with zero attached hydrogens (tertiary/aromatic N) is 3. The number of aliphatic hydroxyl groups excluding tert-OH is 1. The van der Waals surface area contributed by atoms with Gasteiger partial charge in [0.2, 0.25) is 5.90 Å². The first-order valence-electron chi connectivity index (χ1n) is 9.87. The fourth-order valence-corrected chi connectivity index (χ4v) is 3.80. The van der Waals surface area contributed by atoms with Crippen LogP contribution in [-0.2, 0) is 4.74 Å². The molecule has 0 fully saturated rings. The molecule has 0 saturated carbocycles. The van der Waals surface area contributed by atoms with Gasteiger partial charge in [0.05, 0.1) is 55.3 Å². The summed E-state index contributed by atoms with van der Waals surface area (Å²) in [5.74, 6) is 0.557. The van der Waals surface area contributed by atoms with Gasteiger partial charge in [0.1, 0.15) is 0 Å². The van der Waals surface area contributed by atoms with E-state index in [9.17, 15) is 0 Å². The average molecular weight is 427 g/mol. The molecule has 0 amide bonds. The monoisotopic (exact) mass is 426 g/mol. The second-order valence-electron chi connectivity index (χ2n) is 6.81. The number of ether oxygens (including phenoxy) is 1. The summed E-state index contributed by atoms with van der Waals surface area (Å²) in [7, 11) is 1.61. The van der Waals surface area contributed by atoms with E-state index in [0.29, 0.717) is 43.6 Å². The third-order valence-electron chi connectivity index (χ3n) is 4.92. The number of nitrogens with one attached hydrogen (secondary N) is 1. The fraction of sp³-hybridized carbons (Fsp3) is 0.304. The molecule has 1 aliphatic heterocycles. The van der Waals surface area contributed by atoms with Crippen LogP contribution in [0.5, 0.6) is 0 Å². The molecule has 0 unspecified atom stereocenters. The number of aliphatic hydroxyl groups is 1. The Morgan fingerprint density at radius 2 is 1.97 bits per heavy atom. The SMILES string of the molecule is C=NC1=C(/C(=N\CCNCCO)OC)CN(c2cccc(-c3ccccc3)c2Cl)C1. The Balaban J connectivity index is 1.81. The molecule has 0 saturated heterocycles. The van der Waals surface area contributed by atoms with Crippen molar-refractivity contribution in [1.82, 2.24) is 5.32 Å². The zero-order valence-corrected chi connectivity index (χ0v) is 17.9. The predicted molar refractivity (Wildman–Crippen MR) is 125 cm³/mol. The number of methoxy groups -OCH3 is 1. The van der Waals surface area contributed by atoms with E-state index in [-0.39, 0.29) is 6.61 Å². The molecule has 30 heavy (non-hydrogen) atoms. The molecule has 7 heteroatoms. The third-order valence-corrected chi connectivity index (χ3v) is 5.31. The molecule has 158 valence electrons. The molecule has 0 aromatic heterocycles. The molecule has 0 bridgehead atoms. The van der Waals surface area contributed by atoms with Crippen molar-refractivity contribution in [3.63, 3.8) is 0 Å². The Morgan fingerprint density at radius 3 is 2.67 bits per heavy atom. The van der Waals surface area contributed by atoms with Gasteiger partial charge in [-0.15, -0.1) is 0 Å². The molecule has 1 heterocycles. The van der Waals surface area contributed by atoms with E-state index in [2.05, 4.69) is 39.1 Å². The summed E-state index contributed by atoms with van der Waals surface area (Å²) in [6.45, 7) is 6.75. The van der Waals surface area contributed by atoms with Gasteiger partial charge < -0.3 is 20.1 Å². The van der Waals surface area contributed by atoms with Crippen molar-refractivity contribution in [2.75, 3.05) is 51.3 Å². The molecule has 0 radical (unpaired) electrons. The minimum atomic E-state index is 0.105. The minimum Gasteiger partial charge on any atom is -0.481 e. The summed E-state index contributed by atoms with van der Waals surface area (Å²) in [6.07, 6.45) is 0. The van der Waals surface area contributed by atoms with Gasteiger partial charge >= 0.3 is 0 Å². The van der Waals surface area contributed by atoms with E-state index >= 15 is 0 Å². The summed E-state index contributed by atoms with van der Waals surface area (Å²) >= 11 is 6.81. The van der Waals surface area contributed by atoms with Crippen LogP contribution in [0.15, 0.2) is 69.8 Å². The zero-order chi connectivity index (χ0) is 21.3. The van der Waals surface area contributed by atoms with Crippen molar-refractivity contribution in [2.24, 2.45) is 9.98 Å². The van der Waals surface area contributed by atoms with Crippen molar-refractivity contribution >= 4 is 29.9 Å². The molecular weight excluding hydrogens is 400 g/mol. The van der Waals surface area contributed by atoms with Crippen LogP contribution in [0.1, 0.15) is 0 Å². The molecule has 2 N–H and O–H groups in total. The zero-order valence-electron chi connectivity index (χ0n) is 17.1. The molecule has 0 aliphatic carbocycles. The van der Waals surface area contributed by atoms with E-state index in [0.717, 1.165) is 28.1 Å². The lowest BCUT2D eigenvalue weighted by atomic mass is 10.0. The van der Waals surface area contributed by atoms with Gasteiger partial charge in [-0.25, -0.2) is 0 Å². The van der Waals surface area contributed by atoms with Crippen molar-refractivity contribution in [2.45, 2.75) is 0 Å². The highest BCUT2D eigenvalue weighted by molar-refractivity contribution is 6.36. The number of rotatable bonds is 9. The van der Waals surface area contributed by atoms with E-state index < -0.39 is 0 Å². The van der Waals surface area contributed by atoms with Crippen LogP contribution in [-0.4, -0.2) is 64.2 Å². The van der Waals surface area contributed by atoms with E-state index in [4.69, 9.17) is 21.4 Å². The van der Waals surface area contributed by atoms with E-state index in [1.165, 1.54) is 0 Å². The third kappa shape index (κ3) is 5.08. The van der Waals surface area contributed by atoms with Gasteiger partial charge in [0.15, 0.2) is 0 Å². The van der Waals surface area contributed by atoms with Gasteiger partial charge in [-0.2, -0.15) is 0 Å². The van der Waals surface area contributed by atoms with Gasteiger partial charge in [-0.3, -0.25) is 9.98 Å². The fourth-order valence-electron chi connectivity index (χ4n) is 3.45. The van der Waals surface area contributed by atoms with Crippen LogP contribution in [0, 0.1) is 0 Å². The lowest BCUT2D eigenvalue weighted by Gasteiger charge is -2.21. The number of benzene rings is 2. The van der Waals surface area contributed by atoms with E-state index in [1.807, 2.05) is 36.4 Å². The lowest BCUT2D eigenvalue weighted by molar-refractivity contribution is 0.293. The summed E-state index contributed by atoms with van der Waals surface area (Å²) in [5.41, 5.74) is 4.76. The maximum atomic E-state index is 8.85. The van der Waals surface area contributed by atoms with Gasteiger partial charge in [0.25, 0.3) is 0 Å². The summed E-state index contributed by atoms with van der Waals surface area (Å²) in [6, 6.07) is 16.2. The Labute approximate surface area is 182 Å². The molecule has 6 nitrogen and oxygen atoms in total. The summed E-state index contributed by atoms with van der Waals surface area (Å²) < 4.78 is 5.55. The van der Waals surface area contributed by atoms with Crippen LogP contribution >= 0.6 is 11.6 Å². The van der Waals surface area contributed by atoms with E-state index in [1.54, 1.807) is 7.11 Å². The first kappa shape index (κ1) is 22.0. The van der Waals surface area contributed by atoms with Gasteiger partial charge in [0, 0.05) is 18.7 Å². The van der Waals surface area contributed by atoms with Gasteiger partial charge in [-0.05, 0) is 18.3 Å². The first-order chi connectivity index (χ1) is 14.7. The number of anilines is 1. The molecule has 0 spiro atoms. The highest BCUT2D eigenvalue weighted by atomic mass is 35.5. The Bertz CT molecular complexity index is 928. The normalized spacial score (nSPS) is 14.4. The second kappa shape index (κ2) is 10.9. The Morgan fingerprint density at radius 1 is 1.17 bits per heavy atom. The Hall–Kier alpha value is -2.67. The number of hydrogen-bond acceptors (Lipinski definition) is 6. The molecule has 2 aromatic rings. The molecule has 2 aromatic carbocycles. The largest absolute Gasteiger partial charge is 0.481 e. The summed E-state index contributed by atoms with van der Waals surface area (Å²) in [4.78, 5) is 10.9. The molecular formula is C23H27ClN4O2. The van der Waals surface area contributed by atoms with Crippen molar-refractivity contribution < 1.29 is 9.84 Å². The second-order valence-corrected chi connectivity index (χ2v) is 7.19. The quantitative estimate of drug-likeness (QED) is 0.366.